The number of hydrogen-bond acceptors (Lipinski definition) is 4. The second-order valence-electron chi connectivity index (χ2n) is 6.77. The Kier molecular flexibility index (Phi) is 5.89. The highest BCUT2D eigenvalue weighted by atomic mass is 19.4. The van der Waals surface area contributed by atoms with E-state index in [9.17, 15) is 18.0 Å². The highest BCUT2D eigenvalue weighted by Gasteiger charge is 2.31. The van der Waals surface area contributed by atoms with E-state index in [-0.39, 0.29) is 11.4 Å². The summed E-state index contributed by atoms with van der Waals surface area (Å²) < 4.78 is 46.5. The van der Waals surface area contributed by atoms with Crippen molar-refractivity contribution in [1.29, 1.82) is 0 Å². The van der Waals surface area contributed by atoms with Crippen LogP contribution in [0, 0.1) is 0 Å². The molecule has 0 bridgehead atoms. The molecule has 0 radical (unpaired) electrons. The zero-order valence-corrected chi connectivity index (χ0v) is 16.6. The number of para-hydroxylation sites is 1. The molecule has 1 aromatic heterocycles. The number of anilines is 1. The molecular formula is C23H17F3N4O2. The first-order chi connectivity index (χ1) is 15.4. The molecule has 162 valence electrons. The van der Waals surface area contributed by atoms with Crippen LogP contribution in [0.3, 0.4) is 0 Å². The topological polar surface area (TPSA) is 69.0 Å². The third-order valence-electron chi connectivity index (χ3n) is 4.59. The number of amides is 1. The zero-order chi connectivity index (χ0) is 22.6. The molecule has 1 amide bonds. The number of carbonyl (C=O) groups excluding carboxylic acids is 1. The van der Waals surface area contributed by atoms with Gasteiger partial charge in [0.1, 0.15) is 18.4 Å². The lowest BCUT2D eigenvalue weighted by Gasteiger charge is -2.15. The van der Waals surface area contributed by atoms with Crippen molar-refractivity contribution in [1.82, 2.24) is 14.8 Å². The molecule has 6 nitrogen and oxygen atoms in total. The van der Waals surface area contributed by atoms with Gasteiger partial charge in [-0.05, 0) is 29.8 Å². The van der Waals surface area contributed by atoms with Gasteiger partial charge < -0.3 is 10.1 Å². The van der Waals surface area contributed by atoms with E-state index < -0.39 is 24.3 Å². The number of ether oxygens (including phenoxy) is 1. The third-order valence-corrected chi connectivity index (χ3v) is 4.59. The quantitative estimate of drug-likeness (QED) is 0.462. The molecular weight excluding hydrogens is 421 g/mol. The van der Waals surface area contributed by atoms with Crippen LogP contribution in [-0.2, 0) is 11.0 Å². The van der Waals surface area contributed by atoms with Crippen LogP contribution in [-0.4, -0.2) is 27.3 Å². The van der Waals surface area contributed by atoms with E-state index in [1.165, 1.54) is 23.4 Å². The largest absolute Gasteiger partial charge is 0.483 e. The number of alkyl halides is 3. The molecule has 0 saturated heterocycles. The van der Waals surface area contributed by atoms with Crippen LogP contribution in [0.15, 0.2) is 85.5 Å². The number of nitrogens with one attached hydrogen (secondary N) is 1. The Labute approximate surface area is 181 Å². The van der Waals surface area contributed by atoms with Gasteiger partial charge in [0, 0.05) is 5.56 Å². The molecule has 0 aliphatic heterocycles. The lowest BCUT2D eigenvalue weighted by Crippen LogP contribution is -2.22. The van der Waals surface area contributed by atoms with Crippen LogP contribution in [0.25, 0.3) is 16.8 Å². The number of rotatable bonds is 6. The normalized spacial score (nSPS) is 11.2. The van der Waals surface area contributed by atoms with Gasteiger partial charge >= 0.3 is 6.18 Å². The Balaban J connectivity index is 1.54. The average Bonchev–Trinajstić information content (AvgIpc) is 3.32. The van der Waals surface area contributed by atoms with Crippen molar-refractivity contribution in [2.24, 2.45) is 0 Å². The Morgan fingerprint density at radius 1 is 1.00 bits per heavy atom. The highest BCUT2D eigenvalue weighted by molar-refractivity contribution is 5.94. The van der Waals surface area contributed by atoms with Gasteiger partial charge in [0.25, 0.3) is 5.91 Å². The summed E-state index contributed by atoms with van der Waals surface area (Å²) in [5.41, 5.74) is 0.994. The first kappa shape index (κ1) is 21.1. The number of nitrogens with zero attached hydrogens (tertiary/aromatic N) is 3. The van der Waals surface area contributed by atoms with Gasteiger partial charge in [-0.25, -0.2) is 9.67 Å². The molecule has 1 N–H and O–H groups in total. The maximum Gasteiger partial charge on any atom is 0.416 e. The Hall–Kier alpha value is -4.14. The van der Waals surface area contributed by atoms with Gasteiger partial charge in [-0.15, -0.1) is 0 Å². The molecule has 3 aromatic carbocycles. The maximum absolute atomic E-state index is 13.2. The van der Waals surface area contributed by atoms with Crippen molar-refractivity contribution < 1.29 is 22.7 Å². The minimum atomic E-state index is -4.56. The lowest BCUT2D eigenvalue weighted by molar-refractivity contribution is -0.137. The SMILES string of the molecule is O=C(COc1ccccc1-c1ccccc1)Nc1cc(C(F)(F)F)ccc1-n1cncn1. The molecule has 0 atom stereocenters. The predicted octanol–water partition coefficient (Wildman–Crippen LogP) is 4.97. The van der Waals surface area contributed by atoms with E-state index in [1.54, 1.807) is 12.1 Å². The van der Waals surface area contributed by atoms with Crippen LogP contribution >= 0.6 is 0 Å². The summed E-state index contributed by atoms with van der Waals surface area (Å²) in [6.07, 6.45) is -2.00. The van der Waals surface area contributed by atoms with E-state index in [0.717, 1.165) is 23.3 Å². The molecule has 32 heavy (non-hydrogen) atoms. The van der Waals surface area contributed by atoms with E-state index >= 15 is 0 Å². The van der Waals surface area contributed by atoms with Gasteiger partial charge in [0.05, 0.1) is 16.9 Å². The second-order valence-corrected chi connectivity index (χ2v) is 6.77. The van der Waals surface area contributed by atoms with Crippen LogP contribution in [0.5, 0.6) is 5.75 Å². The molecule has 0 saturated carbocycles. The summed E-state index contributed by atoms with van der Waals surface area (Å²) >= 11 is 0. The van der Waals surface area contributed by atoms with Crippen LogP contribution in [0.2, 0.25) is 0 Å². The molecule has 9 heteroatoms. The fourth-order valence-corrected chi connectivity index (χ4v) is 3.12. The van der Waals surface area contributed by atoms with Crippen molar-refractivity contribution in [3.05, 3.63) is 91.0 Å². The van der Waals surface area contributed by atoms with Crippen molar-refractivity contribution in [2.45, 2.75) is 6.18 Å². The number of halogens is 3. The summed E-state index contributed by atoms with van der Waals surface area (Å²) in [5.74, 6) is -0.136. The first-order valence-electron chi connectivity index (χ1n) is 9.55. The molecule has 4 rings (SSSR count). The minimum Gasteiger partial charge on any atom is -0.483 e. The molecule has 0 unspecified atom stereocenters. The van der Waals surface area contributed by atoms with Gasteiger partial charge in [-0.3, -0.25) is 4.79 Å². The molecule has 0 spiro atoms. The number of benzene rings is 3. The molecule has 0 aliphatic carbocycles. The smallest absolute Gasteiger partial charge is 0.416 e. The summed E-state index contributed by atoms with van der Waals surface area (Å²) in [7, 11) is 0. The summed E-state index contributed by atoms with van der Waals surface area (Å²) in [6, 6.07) is 19.7. The van der Waals surface area contributed by atoms with Gasteiger partial charge in [-0.2, -0.15) is 18.3 Å². The lowest BCUT2D eigenvalue weighted by atomic mass is 10.1. The molecule has 1 heterocycles. The van der Waals surface area contributed by atoms with Crippen LogP contribution < -0.4 is 10.1 Å². The Morgan fingerprint density at radius 2 is 1.75 bits per heavy atom. The summed E-state index contributed by atoms with van der Waals surface area (Å²) in [4.78, 5) is 16.4. The number of hydrogen-bond donors (Lipinski definition) is 1. The van der Waals surface area contributed by atoms with Gasteiger partial charge in [0.2, 0.25) is 0 Å². The van der Waals surface area contributed by atoms with Crippen molar-refractivity contribution in [3.8, 4) is 22.6 Å². The minimum absolute atomic E-state index is 0.0599. The number of aromatic nitrogens is 3. The Bertz CT molecular complexity index is 1210. The summed E-state index contributed by atoms with van der Waals surface area (Å²) in [5, 5.41) is 6.42. The van der Waals surface area contributed by atoms with Crippen LogP contribution in [0.4, 0.5) is 18.9 Å². The van der Waals surface area contributed by atoms with Crippen molar-refractivity contribution in [2.75, 3.05) is 11.9 Å². The molecule has 0 fully saturated rings. The van der Waals surface area contributed by atoms with E-state index in [2.05, 4.69) is 15.4 Å². The summed E-state index contributed by atoms with van der Waals surface area (Å²) in [6.45, 7) is -0.392. The maximum atomic E-state index is 13.2. The van der Waals surface area contributed by atoms with Gasteiger partial charge in [0.15, 0.2) is 6.61 Å². The number of carbonyl (C=O) groups is 1. The van der Waals surface area contributed by atoms with Crippen molar-refractivity contribution >= 4 is 11.6 Å². The first-order valence-corrected chi connectivity index (χ1v) is 9.55. The van der Waals surface area contributed by atoms with Crippen LogP contribution in [0.1, 0.15) is 5.56 Å². The van der Waals surface area contributed by atoms with E-state index in [1.807, 2.05) is 42.5 Å². The monoisotopic (exact) mass is 438 g/mol. The van der Waals surface area contributed by atoms with E-state index in [0.29, 0.717) is 5.75 Å². The highest BCUT2D eigenvalue weighted by Crippen LogP contribution is 2.33. The fraction of sp³-hybridized carbons (Fsp3) is 0.0870. The second kappa shape index (κ2) is 8.93. The third kappa shape index (κ3) is 4.77. The van der Waals surface area contributed by atoms with E-state index in [4.69, 9.17) is 4.74 Å². The molecule has 4 aromatic rings. The van der Waals surface area contributed by atoms with Crippen molar-refractivity contribution in [3.63, 3.8) is 0 Å². The van der Waals surface area contributed by atoms with Gasteiger partial charge in [-0.1, -0.05) is 48.5 Å². The molecule has 0 aliphatic rings. The Morgan fingerprint density at radius 3 is 2.47 bits per heavy atom. The zero-order valence-electron chi connectivity index (χ0n) is 16.6. The standard InChI is InChI=1S/C23H17F3N4O2/c24-23(25,26)17-10-11-20(30-15-27-14-28-30)19(12-17)29-22(31)13-32-21-9-5-4-8-18(21)16-6-2-1-3-7-16/h1-12,14-15H,13H2,(H,29,31). The fourth-order valence-electron chi connectivity index (χ4n) is 3.12. The predicted molar refractivity (Wildman–Crippen MR) is 112 cm³/mol. The average molecular weight is 438 g/mol.